The molecule has 274 valence electrons. The molecule has 0 aliphatic rings. The maximum atomic E-state index is 13.6. The first-order valence-corrected chi connectivity index (χ1v) is 17.8. The van der Waals surface area contributed by atoms with Crippen LogP contribution in [0, 0.1) is 0 Å². The lowest BCUT2D eigenvalue weighted by atomic mass is 10.0. The van der Waals surface area contributed by atoms with Crippen molar-refractivity contribution in [2.75, 3.05) is 19.8 Å². The lowest BCUT2D eigenvalue weighted by Gasteiger charge is -2.37. The van der Waals surface area contributed by atoms with Gasteiger partial charge >= 0.3 is 5.97 Å². The third-order valence-corrected chi connectivity index (χ3v) is 8.54. The molecule has 0 radical (unpaired) electrons. The third-order valence-electron chi connectivity index (χ3n) is 8.54. The van der Waals surface area contributed by atoms with Crippen molar-refractivity contribution in [2.24, 2.45) is 0 Å². The number of rotatable bonds is 23. The van der Waals surface area contributed by atoms with Crippen molar-refractivity contribution in [3.63, 3.8) is 0 Å². The fourth-order valence-corrected chi connectivity index (χ4v) is 5.76. The number of esters is 1. The fraction of sp³-hybridized carbons (Fsp3) is 0.239. The highest BCUT2D eigenvalue weighted by Crippen LogP contribution is 2.25. The molecular formula is C46H48O7. The molecule has 0 aliphatic heterocycles. The van der Waals surface area contributed by atoms with E-state index in [1.54, 1.807) is 24.3 Å². The van der Waals surface area contributed by atoms with Crippen molar-refractivity contribution >= 4 is 12.0 Å². The van der Waals surface area contributed by atoms with Crippen LogP contribution >= 0.6 is 0 Å². The van der Waals surface area contributed by atoms with Gasteiger partial charge in [-0.15, -0.1) is 6.58 Å². The number of carbonyl (C=O) groups excluding carboxylic acids is 1. The minimum Gasteiger partial charge on any atom is -0.459 e. The van der Waals surface area contributed by atoms with Crippen LogP contribution in [0.5, 0.6) is 0 Å². The van der Waals surface area contributed by atoms with Gasteiger partial charge in [0.25, 0.3) is 0 Å². The smallest absolute Gasteiger partial charge is 0.338 e. The highest BCUT2D eigenvalue weighted by molar-refractivity contribution is 5.93. The second-order valence-corrected chi connectivity index (χ2v) is 12.4. The molecule has 0 amide bonds. The molecule has 5 rings (SSSR count). The predicted molar refractivity (Wildman–Crippen MR) is 208 cm³/mol. The highest BCUT2D eigenvalue weighted by atomic mass is 16.6. The van der Waals surface area contributed by atoms with Crippen molar-refractivity contribution < 1.29 is 33.2 Å². The van der Waals surface area contributed by atoms with Crippen molar-refractivity contribution in [1.82, 2.24) is 0 Å². The second-order valence-electron chi connectivity index (χ2n) is 12.4. The zero-order valence-electron chi connectivity index (χ0n) is 30.0. The molecule has 5 aromatic rings. The van der Waals surface area contributed by atoms with Gasteiger partial charge in [-0.1, -0.05) is 158 Å². The molecule has 0 heterocycles. The molecule has 0 saturated heterocycles. The zero-order chi connectivity index (χ0) is 36.9. The number of hydrogen-bond donors (Lipinski definition) is 0. The molecule has 0 saturated carbocycles. The van der Waals surface area contributed by atoms with Gasteiger partial charge in [0, 0.05) is 0 Å². The third kappa shape index (κ3) is 12.8. The summed E-state index contributed by atoms with van der Waals surface area (Å²) in [7, 11) is 0. The highest BCUT2D eigenvalue weighted by Gasteiger charge is 2.39. The first-order valence-electron chi connectivity index (χ1n) is 17.8. The van der Waals surface area contributed by atoms with Crippen LogP contribution in [0.25, 0.3) is 6.08 Å². The Morgan fingerprint density at radius 3 is 1.34 bits per heavy atom. The van der Waals surface area contributed by atoms with Gasteiger partial charge in [-0.25, -0.2) is 4.79 Å². The molecule has 7 heteroatoms. The van der Waals surface area contributed by atoms with Crippen LogP contribution < -0.4 is 0 Å². The average molecular weight is 713 g/mol. The number of ether oxygens (including phenoxy) is 6. The van der Waals surface area contributed by atoms with Crippen LogP contribution in [-0.2, 0) is 54.8 Å². The molecule has 0 spiro atoms. The van der Waals surface area contributed by atoms with Gasteiger partial charge in [0.15, 0.2) is 0 Å². The van der Waals surface area contributed by atoms with Gasteiger partial charge in [0.2, 0.25) is 0 Å². The summed E-state index contributed by atoms with van der Waals surface area (Å²) in [6, 6.07) is 46.8. The standard InChI is InChI=1S/C46H48O7/c1-3-29-48-34-42(49-30-36-19-9-5-10-20-36)44(51-32-38-23-13-7-14-24-38)45(52-33-39-25-15-8-16-26-39)43(50-31-37-21-11-6-12-22-37)35-53-46(47)41-28-18-17-27-40(41)4-2/h3-28,42-45H,1-2,29-35H2/t42-,43-,44-,45-/m1/s1. The Morgan fingerprint density at radius 2 is 0.906 bits per heavy atom. The summed E-state index contributed by atoms with van der Waals surface area (Å²) in [6.07, 6.45) is 0.382. The first-order chi connectivity index (χ1) is 26.1. The van der Waals surface area contributed by atoms with E-state index < -0.39 is 30.4 Å². The zero-order valence-corrected chi connectivity index (χ0v) is 30.0. The second kappa shape index (κ2) is 22.0. The first kappa shape index (κ1) is 39.1. The molecule has 0 bridgehead atoms. The maximum Gasteiger partial charge on any atom is 0.338 e. The van der Waals surface area contributed by atoms with Crippen LogP contribution in [-0.4, -0.2) is 50.2 Å². The molecule has 4 atom stereocenters. The molecule has 0 N–H and O–H groups in total. The minimum atomic E-state index is -0.793. The quantitative estimate of drug-likeness (QED) is 0.0380. The molecule has 0 fully saturated rings. The summed E-state index contributed by atoms with van der Waals surface area (Å²) < 4.78 is 39.1. The normalized spacial score (nSPS) is 13.4. The van der Waals surface area contributed by atoms with Crippen molar-refractivity contribution in [3.8, 4) is 0 Å². The molecular weight excluding hydrogens is 664 g/mol. The summed E-state index contributed by atoms with van der Waals surface area (Å²) in [4.78, 5) is 13.6. The molecule has 0 aliphatic carbocycles. The fourth-order valence-electron chi connectivity index (χ4n) is 5.76. The summed E-state index contributed by atoms with van der Waals surface area (Å²) >= 11 is 0. The Balaban J connectivity index is 1.53. The van der Waals surface area contributed by atoms with Gasteiger partial charge in [0.05, 0.1) is 45.2 Å². The van der Waals surface area contributed by atoms with E-state index in [1.165, 1.54) is 0 Å². The van der Waals surface area contributed by atoms with E-state index in [0.717, 1.165) is 22.3 Å². The van der Waals surface area contributed by atoms with E-state index in [1.807, 2.05) is 133 Å². The molecule has 0 aromatic heterocycles. The molecule has 5 aromatic carbocycles. The van der Waals surface area contributed by atoms with Crippen LogP contribution in [0.1, 0.15) is 38.2 Å². The average Bonchev–Trinajstić information content (AvgIpc) is 3.22. The Bertz CT molecular complexity index is 1780. The Morgan fingerprint density at radius 1 is 0.509 bits per heavy atom. The maximum absolute atomic E-state index is 13.6. The van der Waals surface area contributed by atoms with Crippen LogP contribution in [0.15, 0.2) is 165 Å². The molecule has 7 nitrogen and oxygen atoms in total. The van der Waals surface area contributed by atoms with Crippen molar-refractivity contribution in [1.29, 1.82) is 0 Å². The lowest BCUT2D eigenvalue weighted by molar-refractivity contribution is -0.204. The van der Waals surface area contributed by atoms with Gasteiger partial charge in [0.1, 0.15) is 31.0 Å². The molecule has 53 heavy (non-hydrogen) atoms. The van der Waals surface area contributed by atoms with Gasteiger partial charge in [-0.05, 0) is 33.9 Å². The van der Waals surface area contributed by atoms with Crippen LogP contribution in [0.3, 0.4) is 0 Å². The Hall–Kier alpha value is -5.15. The largest absolute Gasteiger partial charge is 0.459 e. The van der Waals surface area contributed by atoms with Gasteiger partial charge in [-0.3, -0.25) is 0 Å². The lowest BCUT2D eigenvalue weighted by Crippen LogP contribution is -2.52. The number of hydrogen-bond acceptors (Lipinski definition) is 7. The van der Waals surface area contributed by atoms with E-state index in [-0.39, 0.29) is 33.0 Å². The molecule has 0 unspecified atom stereocenters. The van der Waals surface area contributed by atoms with E-state index in [4.69, 9.17) is 28.4 Å². The minimum absolute atomic E-state index is 0.124. The van der Waals surface area contributed by atoms with Crippen molar-refractivity contribution in [3.05, 3.63) is 198 Å². The summed E-state index contributed by atoms with van der Waals surface area (Å²) in [5.74, 6) is -0.497. The Kier molecular flexibility index (Phi) is 16.2. The summed E-state index contributed by atoms with van der Waals surface area (Å²) in [6.45, 7) is 9.14. The Labute approximate surface area is 313 Å². The van der Waals surface area contributed by atoms with E-state index >= 15 is 0 Å². The monoisotopic (exact) mass is 712 g/mol. The van der Waals surface area contributed by atoms with Crippen LogP contribution in [0.2, 0.25) is 0 Å². The van der Waals surface area contributed by atoms with E-state index in [0.29, 0.717) is 24.3 Å². The topological polar surface area (TPSA) is 72.5 Å². The number of benzene rings is 5. The van der Waals surface area contributed by atoms with E-state index in [9.17, 15) is 4.79 Å². The summed E-state index contributed by atoms with van der Waals surface area (Å²) in [5.41, 5.74) is 4.97. The van der Waals surface area contributed by atoms with Crippen LogP contribution in [0.4, 0.5) is 0 Å². The predicted octanol–water partition coefficient (Wildman–Crippen LogP) is 9.03. The SMILES string of the molecule is C=CCOC[C@@H](OCc1ccccc1)[C@@H](OCc1ccccc1)[C@H](OCc1ccccc1)[C@@H](COC(=O)c1ccccc1C=C)OCc1ccccc1. The van der Waals surface area contributed by atoms with Crippen molar-refractivity contribution in [2.45, 2.75) is 50.8 Å². The van der Waals surface area contributed by atoms with Gasteiger partial charge in [-0.2, -0.15) is 0 Å². The number of carbonyl (C=O) groups is 1. The van der Waals surface area contributed by atoms with E-state index in [2.05, 4.69) is 13.2 Å². The summed E-state index contributed by atoms with van der Waals surface area (Å²) in [5, 5.41) is 0. The van der Waals surface area contributed by atoms with Gasteiger partial charge < -0.3 is 28.4 Å².